The summed E-state index contributed by atoms with van der Waals surface area (Å²) < 4.78 is 0. The van der Waals surface area contributed by atoms with Crippen LogP contribution in [0.25, 0.3) is 0 Å². The van der Waals surface area contributed by atoms with Gasteiger partial charge in [0.2, 0.25) is 5.91 Å². The molecule has 0 fully saturated rings. The van der Waals surface area contributed by atoms with E-state index in [1.165, 1.54) is 11.8 Å². The Hall–Kier alpha value is -1.36. The third-order valence-corrected chi connectivity index (χ3v) is 4.09. The standard InChI is InChI=1S/C13H19NO3S/c1-8(15)14-9(7-12(16)17)10-5-6-11(18-10)13(2,3)4/h5-6,9H,7H2,1-4H3,(H,14,15)(H,16,17). The molecule has 5 heteroatoms. The SMILES string of the molecule is CC(=O)NC(CC(=O)O)c1ccc(C(C)(C)C)s1. The van der Waals surface area contributed by atoms with Gasteiger partial charge in [-0.2, -0.15) is 0 Å². The highest BCUT2D eigenvalue weighted by Gasteiger charge is 2.22. The normalized spacial score (nSPS) is 13.1. The van der Waals surface area contributed by atoms with Crippen molar-refractivity contribution in [2.45, 2.75) is 45.6 Å². The van der Waals surface area contributed by atoms with Crippen molar-refractivity contribution in [1.82, 2.24) is 5.32 Å². The Balaban J connectivity index is 2.95. The molecule has 0 saturated carbocycles. The topological polar surface area (TPSA) is 66.4 Å². The fourth-order valence-corrected chi connectivity index (χ4v) is 2.70. The first-order valence-electron chi connectivity index (χ1n) is 5.79. The number of hydrogen-bond acceptors (Lipinski definition) is 3. The number of carbonyl (C=O) groups excluding carboxylic acids is 1. The molecule has 1 aromatic rings. The Bertz CT molecular complexity index is 429. The van der Waals surface area contributed by atoms with Crippen LogP contribution in [0.1, 0.15) is 49.9 Å². The second-order valence-electron chi connectivity index (χ2n) is 5.30. The number of carboxylic acid groups (broad SMARTS) is 1. The Morgan fingerprint density at radius 2 is 2.00 bits per heavy atom. The third-order valence-electron chi connectivity index (χ3n) is 2.47. The van der Waals surface area contributed by atoms with E-state index in [9.17, 15) is 9.59 Å². The smallest absolute Gasteiger partial charge is 0.305 e. The first kappa shape index (κ1) is 14.7. The molecule has 1 unspecified atom stereocenters. The van der Waals surface area contributed by atoms with Gasteiger partial charge in [0.15, 0.2) is 0 Å². The predicted octanol–water partition coefficient (Wildman–Crippen LogP) is 2.70. The van der Waals surface area contributed by atoms with E-state index < -0.39 is 12.0 Å². The van der Waals surface area contributed by atoms with E-state index in [4.69, 9.17) is 5.11 Å². The molecule has 0 radical (unpaired) electrons. The molecule has 0 bridgehead atoms. The quantitative estimate of drug-likeness (QED) is 0.883. The molecular formula is C13H19NO3S. The van der Waals surface area contributed by atoms with Gasteiger partial charge in [0.1, 0.15) is 0 Å². The highest BCUT2D eigenvalue weighted by atomic mass is 32.1. The number of carbonyl (C=O) groups is 2. The monoisotopic (exact) mass is 269 g/mol. The van der Waals surface area contributed by atoms with E-state index in [0.29, 0.717) is 0 Å². The summed E-state index contributed by atoms with van der Waals surface area (Å²) in [4.78, 5) is 24.0. The molecule has 1 atom stereocenters. The average molecular weight is 269 g/mol. The molecule has 0 aliphatic heterocycles. The summed E-state index contributed by atoms with van der Waals surface area (Å²) in [6, 6.07) is 3.45. The van der Waals surface area contributed by atoms with Crippen LogP contribution in [0.3, 0.4) is 0 Å². The van der Waals surface area contributed by atoms with Crippen LogP contribution in [-0.2, 0) is 15.0 Å². The van der Waals surface area contributed by atoms with Crippen molar-refractivity contribution >= 4 is 23.2 Å². The molecule has 2 N–H and O–H groups in total. The van der Waals surface area contributed by atoms with Crippen molar-refractivity contribution in [1.29, 1.82) is 0 Å². The maximum atomic E-state index is 11.1. The lowest BCUT2D eigenvalue weighted by molar-refractivity contribution is -0.137. The van der Waals surface area contributed by atoms with Crippen molar-refractivity contribution < 1.29 is 14.7 Å². The Morgan fingerprint density at radius 3 is 2.39 bits per heavy atom. The van der Waals surface area contributed by atoms with Crippen LogP contribution in [0.2, 0.25) is 0 Å². The molecule has 0 aliphatic carbocycles. The summed E-state index contributed by atoms with van der Waals surface area (Å²) in [6.45, 7) is 7.71. The summed E-state index contributed by atoms with van der Waals surface area (Å²) in [5.41, 5.74) is 0.0346. The molecule has 1 rings (SSSR count). The molecule has 18 heavy (non-hydrogen) atoms. The predicted molar refractivity (Wildman–Crippen MR) is 71.8 cm³/mol. The molecule has 0 aliphatic rings. The minimum absolute atomic E-state index is 0.0346. The van der Waals surface area contributed by atoms with Crippen LogP contribution in [0.5, 0.6) is 0 Å². The van der Waals surface area contributed by atoms with Gasteiger partial charge in [0.25, 0.3) is 0 Å². The van der Waals surface area contributed by atoms with E-state index in [1.807, 2.05) is 12.1 Å². The van der Waals surface area contributed by atoms with Crippen LogP contribution in [0.15, 0.2) is 12.1 Å². The molecule has 1 aromatic heterocycles. The number of hydrogen-bond donors (Lipinski definition) is 2. The van der Waals surface area contributed by atoms with Crippen molar-refractivity contribution in [3.05, 3.63) is 21.9 Å². The van der Waals surface area contributed by atoms with Crippen LogP contribution in [-0.4, -0.2) is 17.0 Å². The number of thiophene rings is 1. The van der Waals surface area contributed by atoms with Gasteiger partial charge in [-0.15, -0.1) is 11.3 Å². The van der Waals surface area contributed by atoms with E-state index in [2.05, 4.69) is 26.1 Å². The average Bonchev–Trinajstić information content (AvgIpc) is 2.62. The van der Waals surface area contributed by atoms with Gasteiger partial charge in [0, 0.05) is 16.7 Å². The summed E-state index contributed by atoms with van der Waals surface area (Å²) >= 11 is 1.55. The lowest BCUT2D eigenvalue weighted by Crippen LogP contribution is -2.27. The Kier molecular flexibility index (Phi) is 4.51. The molecule has 0 spiro atoms. The van der Waals surface area contributed by atoms with E-state index in [0.717, 1.165) is 4.88 Å². The van der Waals surface area contributed by atoms with Crippen molar-refractivity contribution in [3.8, 4) is 0 Å². The number of amides is 1. The molecule has 1 heterocycles. The maximum absolute atomic E-state index is 11.1. The van der Waals surface area contributed by atoms with Gasteiger partial charge >= 0.3 is 5.97 Å². The first-order valence-corrected chi connectivity index (χ1v) is 6.61. The van der Waals surface area contributed by atoms with Gasteiger partial charge in [-0.25, -0.2) is 0 Å². The molecule has 1 amide bonds. The minimum atomic E-state index is -0.917. The van der Waals surface area contributed by atoms with E-state index in [-0.39, 0.29) is 17.7 Å². The number of rotatable bonds is 4. The third kappa shape index (κ3) is 4.14. The first-order chi connectivity index (χ1) is 8.20. The number of carboxylic acids is 1. The summed E-state index contributed by atoms with van der Waals surface area (Å²) in [6.07, 6.45) is -0.0936. The van der Waals surface area contributed by atoms with Gasteiger partial charge in [-0.1, -0.05) is 20.8 Å². The number of aliphatic carboxylic acids is 1. The molecule has 0 aromatic carbocycles. The van der Waals surface area contributed by atoms with Crippen LogP contribution >= 0.6 is 11.3 Å². The van der Waals surface area contributed by atoms with Crippen LogP contribution in [0, 0.1) is 0 Å². The zero-order valence-corrected chi connectivity index (χ0v) is 11.9. The zero-order chi connectivity index (χ0) is 13.9. The van der Waals surface area contributed by atoms with Gasteiger partial charge < -0.3 is 10.4 Å². The van der Waals surface area contributed by atoms with Crippen molar-refractivity contribution in [2.24, 2.45) is 0 Å². The molecule has 0 saturated heterocycles. The summed E-state index contributed by atoms with van der Waals surface area (Å²) in [5, 5.41) is 11.6. The summed E-state index contributed by atoms with van der Waals surface area (Å²) in [7, 11) is 0. The Labute approximate surface area is 111 Å². The molecule has 4 nitrogen and oxygen atoms in total. The summed E-state index contributed by atoms with van der Waals surface area (Å²) in [5.74, 6) is -1.13. The second-order valence-corrected chi connectivity index (χ2v) is 6.42. The van der Waals surface area contributed by atoms with Crippen LogP contribution < -0.4 is 5.32 Å². The highest BCUT2D eigenvalue weighted by Crippen LogP contribution is 2.33. The van der Waals surface area contributed by atoms with Crippen molar-refractivity contribution in [3.63, 3.8) is 0 Å². The number of nitrogens with one attached hydrogen (secondary N) is 1. The largest absolute Gasteiger partial charge is 0.481 e. The second kappa shape index (κ2) is 5.52. The van der Waals surface area contributed by atoms with E-state index in [1.54, 1.807) is 11.3 Å². The van der Waals surface area contributed by atoms with Gasteiger partial charge in [-0.3, -0.25) is 9.59 Å². The lowest BCUT2D eigenvalue weighted by atomic mass is 9.95. The maximum Gasteiger partial charge on any atom is 0.305 e. The Morgan fingerprint density at radius 1 is 1.39 bits per heavy atom. The molecule has 100 valence electrons. The highest BCUT2D eigenvalue weighted by molar-refractivity contribution is 7.12. The van der Waals surface area contributed by atoms with E-state index >= 15 is 0 Å². The minimum Gasteiger partial charge on any atom is -0.481 e. The van der Waals surface area contributed by atoms with Crippen LogP contribution in [0.4, 0.5) is 0 Å². The van der Waals surface area contributed by atoms with Crippen molar-refractivity contribution in [2.75, 3.05) is 0 Å². The van der Waals surface area contributed by atoms with Gasteiger partial charge in [0.05, 0.1) is 12.5 Å². The zero-order valence-electron chi connectivity index (χ0n) is 11.1. The fraction of sp³-hybridized carbons (Fsp3) is 0.538. The fourth-order valence-electron chi connectivity index (χ4n) is 1.59. The van der Waals surface area contributed by atoms with Gasteiger partial charge in [-0.05, 0) is 17.5 Å². The lowest BCUT2D eigenvalue weighted by Gasteiger charge is -2.17. The molecular weight excluding hydrogens is 250 g/mol.